The molecule has 0 saturated heterocycles. The number of rotatable bonds is 1. The number of hydrogen-bond donors (Lipinski definition) is 1. The molecular formula is C10H11NO4. The van der Waals surface area contributed by atoms with Gasteiger partial charge < -0.3 is 19.9 Å². The van der Waals surface area contributed by atoms with Crippen LogP contribution in [-0.2, 0) is 4.74 Å². The second-order valence-electron chi connectivity index (χ2n) is 3.19. The Kier molecular flexibility index (Phi) is 2.15. The smallest absolute Gasteiger partial charge is 0.340 e. The van der Waals surface area contributed by atoms with E-state index in [-0.39, 0.29) is 6.79 Å². The van der Waals surface area contributed by atoms with Gasteiger partial charge in [0.25, 0.3) is 0 Å². The van der Waals surface area contributed by atoms with Crippen LogP contribution in [0.2, 0.25) is 0 Å². The fraction of sp³-hybridized carbons (Fsp3) is 0.300. The normalized spacial score (nSPS) is 12.7. The van der Waals surface area contributed by atoms with Crippen LogP contribution in [0.4, 0.5) is 5.69 Å². The second-order valence-corrected chi connectivity index (χ2v) is 3.19. The summed E-state index contributed by atoms with van der Waals surface area (Å²) < 4.78 is 15.0. The summed E-state index contributed by atoms with van der Waals surface area (Å²) in [6, 6.07) is 1.54. The monoisotopic (exact) mass is 209 g/mol. The number of fused-ring (bicyclic) bond motifs is 1. The average molecular weight is 209 g/mol. The van der Waals surface area contributed by atoms with Gasteiger partial charge >= 0.3 is 5.97 Å². The predicted octanol–water partition coefficient (Wildman–Crippen LogP) is 1.09. The fourth-order valence-electron chi connectivity index (χ4n) is 1.50. The van der Waals surface area contributed by atoms with Crippen molar-refractivity contribution in [2.24, 2.45) is 0 Å². The summed E-state index contributed by atoms with van der Waals surface area (Å²) in [6.07, 6.45) is 0. The van der Waals surface area contributed by atoms with Crippen molar-refractivity contribution in [3.8, 4) is 11.5 Å². The molecule has 0 bridgehead atoms. The van der Waals surface area contributed by atoms with E-state index >= 15 is 0 Å². The maximum absolute atomic E-state index is 11.4. The Labute approximate surface area is 86.7 Å². The SMILES string of the molecule is COC(=O)c1cc2c(c(C)c1N)OCO2. The molecule has 5 nitrogen and oxygen atoms in total. The van der Waals surface area contributed by atoms with Gasteiger partial charge in [0.05, 0.1) is 18.4 Å². The molecule has 0 aliphatic carbocycles. The Morgan fingerprint density at radius 2 is 2.27 bits per heavy atom. The number of carbonyl (C=O) groups is 1. The number of nitrogens with two attached hydrogens (primary N) is 1. The number of carbonyl (C=O) groups excluding carboxylic acids is 1. The Bertz CT molecular complexity index is 428. The molecule has 0 amide bonds. The van der Waals surface area contributed by atoms with Crippen molar-refractivity contribution in [1.29, 1.82) is 0 Å². The lowest BCUT2D eigenvalue weighted by Crippen LogP contribution is -2.07. The molecule has 2 N–H and O–H groups in total. The highest BCUT2D eigenvalue weighted by molar-refractivity contribution is 5.97. The summed E-state index contributed by atoms with van der Waals surface area (Å²) in [7, 11) is 1.31. The largest absolute Gasteiger partial charge is 0.465 e. The third-order valence-corrected chi connectivity index (χ3v) is 2.36. The molecule has 0 fully saturated rings. The van der Waals surface area contributed by atoms with E-state index < -0.39 is 5.97 Å². The third-order valence-electron chi connectivity index (χ3n) is 2.36. The molecule has 1 aliphatic heterocycles. The van der Waals surface area contributed by atoms with Crippen molar-refractivity contribution in [3.63, 3.8) is 0 Å². The Morgan fingerprint density at radius 3 is 2.93 bits per heavy atom. The van der Waals surface area contributed by atoms with E-state index in [2.05, 4.69) is 4.74 Å². The molecule has 2 rings (SSSR count). The van der Waals surface area contributed by atoms with Crippen LogP contribution < -0.4 is 15.2 Å². The molecule has 0 unspecified atom stereocenters. The number of ether oxygens (including phenoxy) is 3. The first-order valence-corrected chi connectivity index (χ1v) is 4.42. The van der Waals surface area contributed by atoms with Crippen molar-refractivity contribution in [2.75, 3.05) is 19.6 Å². The average Bonchev–Trinajstić information content (AvgIpc) is 2.70. The van der Waals surface area contributed by atoms with Crippen LogP contribution in [0.5, 0.6) is 11.5 Å². The zero-order valence-corrected chi connectivity index (χ0v) is 8.49. The van der Waals surface area contributed by atoms with Crippen LogP contribution in [0.25, 0.3) is 0 Å². The first-order chi connectivity index (χ1) is 7.15. The maximum atomic E-state index is 11.4. The summed E-state index contributed by atoms with van der Waals surface area (Å²) in [6.45, 7) is 1.93. The number of hydrogen-bond acceptors (Lipinski definition) is 5. The minimum absolute atomic E-state index is 0.153. The summed E-state index contributed by atoms with van der Waals surface area (Å²) in [4.78, 5) is 11.4. The minimum atomic E-state index is -0.478. The summed E-state index contributed by atoms with van der Waals surface area (Å²) >= 11 is 0. The van der Waals surface area contributed by atoms with E-state index in [9.17, 15) is 4.79 Å². The summed E-state index contributed by atoms with van der Waals surface area (Å²) in [5.74, 6) is 0.649. The van der Waals surface area contributed by atoms with Gasteiger partial charge in [0.15, 0.2) is 11.5 Å². The van der Waals surface area contributed by atoms with Gasteiger partial charge in [0.1, 0.15) is 0 Å². The molecule has 5 heteroatoms. The van der Waals surface area contributed by atoms with Crippen molar-refractivity contribution in [2.45, 2.75) is 6.92 Å². The second kappa shape index (κ2) is 3.34. The Morgan fingerprint density at radius 1 is 1.53 bits per heavy atom. The number of methoxy groups -OCH3 is 1. The van der Waals surface area contributed by atoms with E-state index in [1.165, 1.54) is 13.2 Å². The zero-order chi connectivity index (χ0) is 11.0. The topological polar surface area (TPSA) is 70.8 Å². The summed E-state index contributed by atoms with van der Waals surface area (Å²) in [5, 5.41) is 0. The standard InChI is InChI=1S/C10H11NO4/c1-5-8(11)6(10(12)13-2)3-7-9(5)15-4-14-7/h3H,4,11H2,1-2H3. The van der Waals surface area contributed by atoms with Crippen LogP contribution in [0.3, 0.4) is 0 Å². The highest BCUT2D eigenvalue weighted by Gasteiger charge is 2.23. The van der Waals surface area contributed by atoms with Gasteiger partial charge in [-0.15, -0.1) is 0 Å². The van der Waals surface area contributed by atoms with Crippen LogP contribution >= 0.6 is 0 Å². The summed E-state index contributed by atoms with van der Waals surface area (Å²) in [5.41, 5.74) is 7.17. The third kappa shape index (κ3) is 1.36. The fourth-order valence-corrected chi connectivity index (χ4v) is 1.50. The number of benzene rings is 1. The van der Waals surface area contributed by atoms with Gasteiger partial charge in [-0.05, 0) is 6.92 Å². The molecule has 80 valence electrons. The molecule has 1 aromatic rings. The first kappa shape index (κ1) is 9.64. The number of nitrogen functional groups attached to an aromatic ring is 1. The molecular weight excluding hydrogens is 198 g/mol. The molecule has 0 aromatic heterocycles. The van der Waals surface area contributed by atoms with E-state index in [1.807, 2.05) is 0 Å². The molecule has 1 aliphatic rings. The Balaban J connectivity index is 2.59. The van der Waals surface area contributed by atoms with Crippen molar-refractivity contribution < 1.29 is 19.0 Å². The van der Waals surface area contributed by atoms with Crippen LogP contribution in [0, 0.1) is 6.92 Å². The number of anilines is 1. The first-order valence-electron chi connectivity index (χ1n) is 4.42. The van der Waals surface area contributed by atoms with E-state index in [0.29, 0.717) is 28.3 Å². The molecule has 15 heavy (non-hydrogen) atoms. The lowest BCUT2D eigenvalue weighted by atomic mass is 10.1. The van der Waals surface area contributed by atoms with Gasteiger partial charge in [-0.3, -0.25) is 0 Å². The zero-order valence-electron chi connectivity index (χ0n) is 8.49. The number of esters is 1. The van der Waals surface area contributed by atoms with E-state index in [0.717, 1.165) is 0 Å². The molecule has 0 radical (unpaired) electrons. The molecule has 0 spiro atoms. The van der Waals surface area contributed by atoms with Crippen LogP contribution in [0.15, 0.2) is 6.07 Å². The van der Waals surface area contributed by atoms with Crippen molar-refractivity contribution in [1.82, 2.24) is 0 Å². The van der Waals surface area contributed by atoms with Gasteiger partial charge in [-0.25, -0.2) is 4.79 Å². The van der Waals surface area contributed by atoms with Gasteiger partial charge in [-0.2, -0.15) is 0 Å². The highest BCUT2D eigenvalue weighted by Crippen LogP contribution is 2.40. The lowest BCUT2D eigenvalue weighted by Gasteiger charge is -2.09. The Hall–Kier alpha value is -1.91. The van der Waals surface area contributed by atoms with Crippen LogP contribution in [0.1, 0.15) is 15.9 Å². The maximum Gasteiger partial charge on any atom is 0.340 e. The molecule has 0 saturated carbocycles. The van der Waals surface area contributed by atoms with Gasteiger partial charge in [-0.1, -0.05) is 0 Å². The molecule has 1 heterocycles. The quantitative estimate of drug-likeness (QED) is 0.553. The molecule has 1 aromatic carbocycles. The van der Waals surface area contributed by atoms with E-state index in [4.69, 9.17) is 15.2 Å². The lowest BCUT2D eigenvalue weighted by molar-refractivity contribution is 0.0601. The minimum Gasteiger partial charge on any atom is -0.465 e. The van der Waals surface area contributed by atoms with E-state index in [1.54, 1.807) is 6.92 Å². The highest BCUT2D eigenvalue weighted by atomic mass is 16.7. The van der Waals surface area contributed by atoms with Crippen LogP contribution in [-0.4, -0.2) is 19.9 Å². The van der Waals surface area contributed by atoms with Crippen molar-refractivity contribution >= 4 is 11.7 Å². The van der Waals surface area contributed by atoms with Gasteiger partial charge in [0, 0.05) is 11.6 Å². The predicted molar refractivity (Wildman–Crippen MR) is 53.1 cm³/mol. The molecule has 0 atom stereocenters. The van der Waals surface area contributed by atoms with Gasteiger partial charge in [0.2, 0.25) is 6.79 Å². The van der Waals surface area contributed by atoms with Crippen molar-refractivity contribution in [3.05, 3.63) is 17.2 Å².